The Morgan fingerprint density at radius 2 is 1.87 bits per heavy atom. The Morgan fingerprint density at radius 3 is 2.33 bits per heavy atom. The van der Waals surface area contributed by atoms with Crippen LogP contribution in [-0.2, 0) is 9.59 Å². The molecule has 0 fully saturated rings. The lowest BCUT2D eigenvalue weighted by atomic mass is 9.94. The van der Waals surface area contributed by atoms with E-state index >= 15 is 0 Å². The Kier molecular flexibility index (Phi) is 3.04. The number of carboxylic acids is 1. The van der Waals surface area contributed by atoms with E-state index in [1.54, 1.807) is 0 Å². The van der Waals surface area contributed by atoms with Crippen molar-refractivity contribution in [3.63, 3.8) is 0 Å². The van der Waals surface area contributed by atoms with E-state index in [1.165, 1.54) is 38.4 Å². The molecule has 5 nitrogen and oxygen atoms in total. The van der Waals surface area contributed by atoms with Crippen molar-refractivity contribution in [2.75, 3.05) is 0 Å². The lowest BCUT2D eigenvalue weighted by molar-refractivity contribution is -0.160. The summed E-state index contributed by atoms with van der Waals surface area (Å²) in [5, 5.41) is 8.78. The number of ether oxygens (including phenoxy) is 1. The summed E-state index contributed by atoms with van der Waals surface area (Å²) in [4.78, 5) is 25.9. The highest BCUT2D eigenvalue weighted by molar-refractivity contribution is 5.98. The topological polar surface area (TPSA) is 76.5 Å². The predicted molar refractivity (Wildman–Crippen MR) is 51.3 cm³/mol. The normalized spacial score (nSPS) is 10.8. The van der Waals surface area contributed by atoms with Gasteiger partial charge in [0.1, 0.15) is 5.75 Å². The number of hydrogen-bond acceptors (Lipinski definition) is 4. The zero-order valence-corrected chi connectivity index (χ0v) is 8.43. The number of aliphatic carboxylic acids is 1. The second kappa shape index (κ2) is 4.08. The lowest BCUT2D eigenvalue weighted by Gasteiger charge is -2.16. The van der Waals surface area contributed by atoms with E-state index in [9.17, 15) is 9.59 Å². The van der Waals surface area contributed by atoms with Gasteiger partial charge in [-0.2, -0.15) is 0 Å². The van der Waals surface area contributed by atoms with Gasteiger partial charge < -0.3 is 9.84 Å². The summed E-state index contributed by atoms with van der Waals surface area (Å²) in [7, 11) is 0. The van der Waals surface area contributed by atoms with E-state index in [0.29, 0.717) is 0 Å². The second-order valence-electron chi connectivity index (χ2n) is 3.50. The van der Waals surface area contributed by atoms with Crippen molar-refractivity contribution in [1.29, 1.82) is 0 Å². The Morgan fingerprint density at radius 1 is 1.33 bits per heavy atom. The Balaban J connectivity index is 2.77. The van der Waals surface area contributed by atoms with Gasteiger partial charge in [0.15, 0.2) is 5.41 Å². The third kappa shape index (κ3) is 2.52. The zero-order chi connectivity index (χ0) is 11.5. The van der Waals surface area contributed by atoms with Crippen LogP contribution in [0.1, 0.15) is 13.8 Å². The van der Waals surface area contributed by atoms with Crippen molar-refractivity contribution in [2.45, 2.75) is 13.8 Å². The van der Waals surface area contributed by atoms with Gasteiger partial charge in [-0.15, -0.1) is 0 Å². The largest absolute Gasteiger partial charge is 0.480 e. The van der Waals surface area contributed by atoms with Crippen LogP contribution in [0.5, 0.6) is 5.75 Å². The number of carbonyl (C=O) groups is 2. The van der Waals surface area contributed by atoms with Gasteiger partial charge in [-0.3, -0.25) is 14.6 Å². The van der Waals surface area contributed by atoms with E-state index in [4.69, 9.17) is 9.84 Å². The fourth-order valence-electron chi connectivity index (χ4n) is 0.728. The summed E-state index contributed by atoms with van der Waals surface area (Å²) in [5.41, 5.74) is -1.55. The van der Waals surface area contributed by atoms with Crippen LogP contribution in [0.4, 0.5) is 0 Å². The average molecular weight is 209 g/mol. The first kappa shape index (κ1) is 11.2. The molecule has 0 saturated heterocycles. The minimum atomic E-state index is -1.55. The molecule has 0 spiro atoms. The number of carboxylic acid groups (broad SMARTS) is 1. The summed E-state index contributed by atoms with van der Waals surface area (Å²) in [6, 6.07) is 2.96. The highest BCUT2D eigenvalue weighted by atomic mass is 16.5. The summed E-state index contributed by atoms with van der Waals surface area (Å²) in [6.07, 6.45) is 2.91. The van der Waals surface area contributed by atoms with Gasteiger partial charge in [0.2, 0.25) is 0 Å². The molecule has 5 heteroatoms. The number of esters is 1. The van der Waals surface area contributed by atoms with Crippen LogP contribution in [0.3, 0.4) is 0 Å². The van der Waals surface area contributed by atoms with Crippen LogP contribution >= 0.6 is 0 Å². The molecule has 0 radical (unpaired) electrons. The fraction of sp³-hybridized carbons (Fsp3) is 0.300. The molecule has 1 N–H and O–H groups in total. The van der Waals surface area contributed by atoms with E-state index in [0.717, 1.165) is 0 Å². The van der Waals surface area contributed by atoms with E-state index < -0.39 is 17.4 Å². The molecule has 1 rings (SSSR count). The molecule has 0 amide bonds. The highest BCUT2D eigenvalue weighted by Gasteiger charge is 2.38. The smallest absolute Gasteiger partial charge is 0.328 e. The SMILES string of the molecule is CC(C)(C(=O)O)C(=O)Oc1ccncc1. The maximum atomic E-state index is 11.5. The van der Waals surface area contributed by atoms with Crippen LogP contribution in [0.15, 0.2) is 24.5 Å². The monoisotopic (exact) mass is 209 g/mol. The standard InChI is InChI=1S/C10H11NO4/c1-10(2,8(12)13)9(14)15-7-3-5-11-6-4-7/h3-6H,1-2H3,(H,12,13). The van der Waals surface area contributed by atoms with Gasteiger partial charge in [-0.05, 0) is 26.0 Å². The minimum Gasteiger partial charge on any atom is -0.480 e. The summed E-state index contributed by atoms with van der Waals surface area (Å²) in [5.74, 6) is -1.74. The van der Waals surface area contributed by atoms with Crippen molar-refractivity contribution >= 4 is 11.9 Å². The maximum absolute atomic E-state index is 11.5. The van der Waals surface area contributed by atoms with Gasteiger partial charge in [0.25, 0.3) is 0 Å². The number of nitrogens with zero attached hydrogens (tertiary/aromatic N) is 1. The van der Waals surface area contributed by atoms with E-state index in [-0.39, 0.29) is 5.75 Å². The minimum absolute atomic E-state index is 0.282. The molecule has 0 atom stereocenters. The molecule has 0 unspecified atom stereocenters. The molecule has 0 aromatic carbocycles. The van der Waals surface area contributed by atoms with E-state index in [1.807, 2.05) is 0 Å². The first-order valence-electron chi connectivity index (χ1n) is 4.30. The van der Waals surface area contributed by atoms with Crippen LogP contribution in [0.2, 0.25) is 0 Å². The van der Waals surface area contributed by atoms with Crippen molar-refractivity contribution in [2.24, 2.45) is 5.41 Å². The van der Waals surface area contributed by atoms with Gasteiger partial charge in [-0.25, -0.2) is 0 Å². The molecule has 80 valence electrons. The third-order valence-corrected chi connectivity index (χ3v) is 1.91. The Hall–Kier alpha value is -1.91. The first-order valence-corrected chi connectivity index (χ1v) is 4.30. The summed E-state index contributed by atoms with van der Waals surface area (Å²) >= 11 is 0. The highest BCUT2D eigenvalue weighted by Crippen LogP contribution is 2.19. The number of rotatable bonds is 3. The molecule has 0 aliphatic heterocycles. The Bertz CT molecular complexity index is 372. The third-order valence-electron chi connectivity index (χ3n) is 1.91. The lowest BCUT2D eigenvalue weighted by Crippen LogP contribution is -2.36. The molecule has 0 bridgehead atoms. The number of pyridine rings is 1. The molecular formula is C10H11NO4. The van der Waals surface area contributed by atoms with Gasteiger partial charge in [0.05, 0.1) is 0 Å². The predicted octanol–water partition coefficient (Wildman–Crippen LogP) is 1.10. The summed E-state index contributed by atoms with van der Waals surface area (Å²) < 4.78 is 4.88. The van der Waals surface area contributed by atoms with Gasteiger partial charge in [-0.1, -0.05) is 0 Å². The van der Waals surface area contributed by atoms with Crippen LogP contribution in [0.25, 0.3) is 0 Å². The summed E-state index contributed by atoms with van der Waals surface area (Å²) in [6.45, 7) is 2.58. The molecule has 15 heavy (non-hydrogen) atoms. The molecule has 1 heterocycles. The average Bonchev–Trinajstić information content (AvgIpc) is 2.18. The first-order chi connectivity index (χ1) is 6.94. The molecular weight excluding hydrogens is 198 g/mol. The quantitative estimate of drug-likeness (QED) is 0.595. The fourth-order valence-corrected chi connectivity index (χ4v) is 0.728. The molecule has 0 aliphatic carbocycles. The molecule has 0 aliphatic rings. The van der Waals surface area contributed by atoms with Crippen molar-refractivity contribution in [3.05, 3.63) is 24.5 Å². The Labute approximate surface area is 86.7 Å². The van der Waals surface area contributed by atoms with Gasteiger partial charge >= 0.3 is 11.9 Å². The molecule has 0 saturated carbocycles. The number of carbonyl (C=O) groups excluding carboxylic acids is 1. The number of aromatic nitrogens is 1. The molecule has 1 aromatic heterocycles. The van der Waals surface area contributed by atoms with Crippen LogP contribution in [0, 0.1) is 5.41 Å². The second-order valence-corrected chi connectivity index (χ2v) is 3.50. The van der Waals surface area contributed by atoms with Crippen LogP contribution < -0.4 is 4.74 Å². The van der Waals surface area contributed by atoms with Crippen molar-refractivity contribution in [1.82, 2.24) is 4.98 Å². The number of hydrogen-bond donors (Lipinski definition) is 1. The molecule has 1 aromatic rings. The van der Waals surface area contributed by atoms with E-state index in [2.05, 4.69) is 4.98 Å². The van der Waals surface area contributed by atoms with Crippen LogP contribution in [-0.4, -0.2) is 22.0 Å². The zero-order valence-electron chi connectivity index (χ0n) is 8.43. The van der Waals surface area contributed by atoms with Gasteiger partial charge in [0, 0.05) is 12.4 Å². The maximum Gasteiger partial charge on any atom is 0.328 e. The van der Waals surface area contributed by atoms with Crippen molar-refractivity contribution < 1.29 is 19.4 Å². The van der Waals surface area contributed by atoms with Crippen molar-refractivity contribution in [3.8, 4) is 5.75 Å².